The Bertz CT molecular complexity index is 233. The number of ether oxygens (including phenoxy) is 2. The summed E-state index contributed by atoms with van der Waals surface area (Å²) >= 11 is 0. The molecule has 0 bridgehead atoms. The van der Waals surface area contributed by atoms with Crippen LogP contribution in [0.4, 0.5) is 0 Å². The second-order valence-corrected chi connectivity index (χ2v) is 4.87. The van der Waals surface area contributed by atoms with Gasteiger partial charge in [0.2, 0.25) is 0 Å². The highest BCUT2D eigenvalue weighted by atomic mass is 16.7. The summed E-state index contributed by atoms with van der Waals surface area (Å²) in [6.45, 7) is 4.20. The molecule has 1 heterocycles. The fourth-order valence-electron chi connectivity index (χ4n) is 2.59. The molecule has 0 aromatic rings. The Morgan fingerprint density at radius 3 is 2.81 bits per heavy atom. The van der Waals surface area contributed by atoms with Crippen molar-refractivity contribution in [3.05, 3.63) is 12.7 Å². The highest BCUT2D eigenvalue weighted by Gasteiger charge is 2.44. The van der Waals surface area contributed by atoms with E-state index in [0.717, 1.165) is 19.3 Å². The van der Waals surface area contributed by atoms with Gasteiger partial charge in [0, 0.05) is 12.8 Å². The Kier molecular flexibility index (Phi) is 4.00. The summed E-state index contributed by atoms with van der Waals surface area (Å²) in [5.74, 6) is -0.363. The van der Waals surface area contributed by atoms with Crippen LogP contribution in [0, 0.1) is 0 Å². The summed E-state index contributed by atoms with van der Waals surface area (Å²) in [4.78, 5) is 0. The first-order chi connectivity index (χ1) is 7.76. The van der Waals surface area contributed by atoms with Gasteiger partial charge in [-0.2, -0.15) is 0 Å². The SMILES string of the molecule is C=CCC[C@@H](O)[C@H]1COC2(CCCCC2)O1. The third kappa shape index (κ3) is 2.65. The van der Waals surface area contributed by atoms with E-state index in [1.165, 1.54) is 19.3 Å². The number of hydrogen-bond acceptors (Lipinski definition) is 3. The molecule has 16 heavy (non-hydrogen) atoms. The van der Waals surface area contributed by atoms with Crippen molar-refractivity contribution in [1.29, 1.82) is 0 Å². The Labute approximate surface area is 97.4 Å². The van der Waals surface area contributed by atoms with E-state index >= 15 is 0 Å². The molecule has 92 valence electrons. The summed E-state index contributed by atoms with van der Waals surface area (Å²) in [6, 6.07) is 0. The molecular formula is C13H22O3. The average Bonchev–Trinajstić information content (AvgIpc) is 2.71. The van der Waals surface area contributed by atoms with Crippen LogP contribution in [0.5, 0.6) is 0 Å². The van der Waals surface area contributed by atoms with E-state index in [2.05, 4.69) is 6.58 Å². The monoisotopic (exact) mass is 226 g/mol. The summed E-state index contributed by atoms with van der Waals surface area (Å²) in [5, 5.41) is 9.94. The normalized spacial score (nSPS) is 30.4. The number of hydrogen-bond donors (Lipinski definition) is 1. The zero-order valence-electron chi connectivity index (χ0n) is 9.86. The Morgan fingerprint density at radius 2 is 2.12 bits per heavy atom. The van der Waals surface area contributed by atoms with Gasteiger partial charge < -0.3 is 14.6 Å². The minimum atomic E-state index is -0.417. The highest BCUT2D eigenvalue weighted by molar-refractivity contribution is 4.86. The number of rotatable bonds is 4. The molecule has 0 aromatic heterocycles. The predicted molar refractivity (Wildman–Crippen MR) is 62.1 cm³/mol. The molecule has 0 radical (unpaired) electrons. The van der Waals surface area contributed by atoms with Crippen LogP contribution in [0.2, 0.25) is 0 Å². The van der Waals surface area contributed by atoms with E-state index in [1.807, 2.05) is 6.08 Å². The van der Waals surface area contributed by atoms with Gasteiger partial charge in [-0.05, 0) is 25.7 Å². The van der Waals surface area contributed by atoms with E-state index in [9.17, 15) is 5.11 Å². The lowest BCUT2D eigenvalue weighted by molar-refractivity contribution is -0.195. The van der Waals surface area contributed by atoms with Crippen molar-refractivity contribution in [2.45, 2.75) is 62.9 Å². The van der Waals surface area contributed by atoms with Crippen molar-refractivity contribution >= 4 is 0 Å². The van der Waals surface area contributed by atoms with Crippen LogP contribution < -0.4 is 0 Å². The van der Waals surface area contributed by atoms with Gasteiger partial charge in [-0.15, -0.1) is 6.58 Å². The molecule has 2 aliphatic rings. The molecule has 2 atom stereocenters. The molecule has 0 amide bonds. The zero-order chi connectivity index (χ0) is 11.4. The van der Waals surface area contributed by atoms with Crippen molar-refractivity contribution in [2.75, 3.05) is 6.61 Å². The summed E-state index contributed by atoms with van der Waals surface area (Å²) in [6.07, 6.45) is 8.41. The summed E-state index contributed by atoms with van der Waals surface area (Å²) < 4.78 is 11.7. The van der Waals surface area contributed by atoms with Crippen LogP contribution in [0.3, 0.4) is 0 Å². The minimum absolute atomic E-state index is 0.141. The van der Waals surface area contributed by atoms with Gasteiger partial charge in [-0.1, -0.05) is 12.5 Å². The lowest BCUT2D eigenvalue weighted by Gasteiger charge is -2.32. The Hall–Kier alpha value is -0.380. The molecule has 1 aliphatic carbocycles. The molecule has 0 unspecified atom stereocenters. The van der Waals surface area contributed by atoms with E-state index < -0.39 is 6.10 Å². The third-order valence-corrected chi connectivity index (χ3v) is 3.59. The van der Waals surface area contributed by atoms with Gasteiger partial charge >= 0.3 is 0 Å². The number of aliphatic hydroxyl groups excluding tert-OH is 1. The molecule has 3 heteroatoms. The molecule has 1 spiro atoms. The van der Waals surface area contributed by atoms with Crippen LogP contribution in [0.15, 0.2) is 12.7 Å². The lowest BCUT2D eigenvalue weighted by atomic mass is 9.94. The first-order valence-corrected chi connectivity index (χ1v) is 6.36. The van der Waals surface area contributed by atoms with Crippen molar-refractivity contribution in [3.8, 4) is 0 Å². The molecular weight excluding hydrogens is 204 g/mol. The number of aliphatic hydroxyl groups is 1. The van der Waals surface area contributed by atoms with Crippen molar-refractivity contribution < 1.29 is 14.6 Å². The van der Waals surface area contributed by atoms with Crippen molar-refractivity contribution in [3.63, 3.8) is 0 Å². The Balaban J connectivity index is 1.84. The first kappa shape index (κ1) is 12.1. The second-order valence-electron chi connectivity index (χ2n) is 4.87. The van der Waals surface area contributed by atoms with Gasteiger partial charge in [0.05, 0.1) is 12.7 Å². The predicted octanol–water partition coefficient (Wildman–Crippen LogP) is 2.39. The fraction of sp³-hybridized carbons (Fsp3) is 0.846. The molecule has 0 aromatic carbocycles. The van der Waals surface area contributed by atoms with E-state index in [4.69, 9.17) is 9.47 Å². The minimum Gasteiger partial charge on any atom is -0.390 e. The van der Waals surface area contributed by atoms with Gasteiger partial charge in [-0.25, -0.2) is 0 Å². The molecule has 1 saturated heterocycles. The largest absolute Gasteiger partial charge is 0.390 e. The maximum absolute atomic E-state index is 9.94. The van der Waals surface area contributed by atoms with E-state index in [1.54, 1.807) is 0 Å². The van der Waals surface area contributed by atoms with Gasteiger partial charge in [0.1, 0.15) is 6.10 Å². The molecule has 1 saturated carbocycles. The van der Waals surface area contributed by atoms with Crippen molar-refractivity contribution in [2.24, 2.45) is 0 Å². The fourth-order valence-corrected chi connectivity index (χ4v) is 2.59. The molecule has 1 N–H and O–H groups in total. The molecule has 3 nitrogen and oxygen atoms in total. The van der Waals surface area contributed by atoms with Crippen LogP contribution in [0.25, 0.3) is 0 Å². The van der Waals surface area contributed by atoms with Crippen LogP contribution in [0.1, 0.15) is 44.9 Å². The highest BCUT2D eigenvalue weighted by Crippen LogP contribution is 2.38. The average molecular weight is 226 g/mol. The molecule has 1 aliphatic heterocycles. The summed E-state index contributed by atoms with van der Waals surface area (Å²) in [5.41, 5.74) is 0. The molecule has 2 rings (SSSR count). The van der Waals surface area contributed by atoms with Crippen LogP contribution in [-0.2, 0) is 9.47 Å². The van der Waals surface area contributed by atoms with Gasteiger partial charge in [0.25, 0.3) is 0 Å². The standard InChI is InChI=1S/C13H22O3/c1-2-3-7-11(14)12-10-15-13(16-12)8-5-4-6-9-13/h2,11-12,14H,1,3-10H2/t11-,12-/m1/s1. The molecule has 2 fully saturated rings. The van der Waals surface area contributed by atoms with Crippen LogP contribution in [-0.4, -0.2) is 29.7 Å². The maximum Gasteiger partial charge on any atom is 0.169 e. The summed E-state index contributed by atoms with van der Waals surface area (Å²) in [7, 11) is 0. The quantitative estimate of drug-likeness (QED) is 0.748. The Morgan fingerprint density at radius 1 is 1.38 bits per heavy atom. The van der Waals surface area contributed by atoms with E-state index in [0.29, 0.717) is 13.0 Å². The third-order valence-electron chi connectivity index (χ3n) is 3.59. The van der Waals surface area contributed by atoms with E-state index in [-0.39, 0.29) is 11.9 Å². The second kappa shape index (κ2) is 5.30. The van der Waals surface area contributed by atoms with Gasteiger partial charge in [0.15, 0.2) is 5.79 Å². The lowest BCUT2D eigenvalue weighted by Crippen LogP contribution is -2.35. The van der Waals surface area contributed by atoms with Gasteiger partial charge in [-0.3, -0.25) is 0 Å². The maximum atomic E-state index is 9.94. The smallest absolute Gasteiger partial charge is 0.169 e. The van der Waals surface area contributed by atoms with Crippen molar-refractivity contribution in [1.82, 2.24) is 0 Å². The number of allylic oxidation sites excluding steroid dienone is 1. The topological polar surface area (TPSA) is 38.7 Å². The zero-order valence-corrected chi connectivity index (χ0v) is 9.86. The van der Waals surface area contributed by atoms with Crippen LogP contribution >= 0.6 is 0 Å². The first-order valence-electron chi connectivity index (χ1n) is 6.36.